The van der Waals surface area contributed by atoms with Gasteiger partial charge in [-0.05, 0) is 44.9 Å². The van der Waals surface area contributed by atoms with Crippen molar-refractivity contribution in [3.63, 3.8) is 0 Å². The van der Waals surface area contributed by atoms with Crippen LogP contribution in [0, 0.1) is 0 Å². The number of rotatable bonds is 5. The van der Waals surface area contributed by atoms with E-state index in [-0.39, 0.29) is 0 Å². The third kappa shape index (κ3) is 5.64. The first kappa shape index (κ1) is 17.8. The number of amides is 1. The summed E-state index contributed by atoms with van der Waals surface area (Å²) < 4.78 is 10.5. The minimum atomic E-state index is -0.500. The molecule has 0 radical (unpaired) electrons. The molecule has 0 atom stereocenters. The van der Waals surface area contributed by atoms with E-state index in [1.165, 1.54) is 0 Å². The summed E-state index contributed by atoms with van der Waals surface area (Å²) in [6.45, 7) is 11.6. The molecule has 0 unspecified atom stereocenters. The number of methoxy groups -OCH3 is 1. The van der Waals surface area contributed by atoms with Gasteiger partial charge in [-0.2, -0.15) is 0 Å². The highest BCUT2D eigenvalue weighted by Crippen LogP contribution is 2.21. The van der Waals surface area contributed by atoms with Crippen LogP contribution in [0.15, 0.2) is 42.7 Å². The summed E-state index contributed by atoms with van der Waals surface area (Å²) in [6, 6.07) is 7.87. The second-order valence-electron chi connectivity index (χ2n) is 5.93. The average molecular weight is 303 g/mol. The van der Waals surface area contributed by atoms with Crippen LogP contribution in [0.1, 0.15) is 38.8 Å². The molecule has 22 heavy (non-hydrogen) atoms. The van der Waals surface area contributed by atoms with Crippen molar-refractivity contribution < 1.29 is 14.3 Å². The number of alkyl carbamates (subject to hydrolysis) is 1. The fourth-order valence-corrected chi connectivity index (χ4v) is 1.91. The van der Waals surface area contributed by atoms with Crippen LogP contribution < -0.4 is 5.32 Å². The maximum absolute atomic E-state index is 11.7. The molecule has 0 spiro atoms. The molecule has 0 bridgehead atoms. The van der Waals surface area contributed by atoms with Gasteiger partial charge in [0, 0.05) is 12.1 Å². The highest BCUT2D eigenvalue weighted by atomic mass is 16.6. The van der Waals surface area contributed by atoms with E-state index >= 15 is 0 Å². The predicted molar refractivity (Wildman–Crippen MR) is 89.3 cm³/mol. The molecule has 1 rings (SSSR count). The molecule has 0 heterocycles. The van der Waals surface area contributed by atoms with Gasteiger partial charge in [0.05, 0.1) is 7.11 Å². The molecule has 0 saturated heterocycles. The van der Waals surface area contributed by atoms with Gasteiger partial charge in [-0.15, -0.1) is 0 Å². The Morgan fingerprint density at radius 3 is 2.59 bits per heavy atom. The van der Waals surface area contributed by atoms with Crippen molar-refractivity contribution in [3.05, 3.63) is 53.8 Å². The van der Waals surface area contributed by atoms with E-state index in [1.807, 2.05) is 52.0 Å². The van der Waals surface area contributed by atoms with E-state index in [0.717, 1.165) is 22.5 Å². The molecule has 0 aliphatic carbocycles. The van der Waals surface area contributed by atoms with Gasteiger partial charge < -0.3 is 14.8 Å². The normalized spacial score (nSPS) is 12.2. The van der Waals surface area contributed by atoms with E-state index in [2.05, 4.69) is 11.9 Å². The SMILES string of the molecule is C=C/C(=C(\C)OC)c1cccc(CNC(=O)OC(C)(C)C)c1. The van der Waals surface area contributed by atoms with Crippen LogP contribution in [0.2, 0.25) is 0 Å². The topological polar surface area (TPSA) is 47.6 Å². The Morgan fingerprint density at radius 2 is 2.05 bits per heavy atom. The predicted octanol–water partition coefficient (Wildman–Crippen LogP) is 4.27. The molecule has 1 amide bonds. The maximum atomic E-state index is 11.7. The first-order valence-corrected chi connectivity index (χ1v) is 7.20. The number of nitrogens with one attached hydrogen (secondary N) is 1. The summed E-state index contributed by atoms with van der Waals surface area (Å²) in [7, 11) is 1.63. The molecule has 0 aliphatic rings. The molecule has 0 fully saturated rings. The summed E-state index contributed by atoms with van der Waals surface area (Å²) in [6.07, 6.45) is 1.34. The summed E-state index contributed by atoms with van der Waals surface area (Å²) in [5.74, 6) is 0.798. The first-order valence-electron chi connectivity index (χ1n) is 7.20. The number of benzene rings is 1. The Morgan fingerprint density at radius 1 is 1.36 bits per heavy atom. The van der Waals surface area contributed by atoms with Crippen molar-refractivity contribution in [1.82, 2.24) is 5.32 Å². The van der Waals surface area contributed by atoms with Crippen LogP contribution in [-0.2, 0) is 16.0 Å². The Labute approximate surface area is 132 Å². The van der Waals surface area contributed by atoms with Crippen molar-refractivity contribution >= 4 is 11.7 Å². The van der Waals surface area contributed by atoms with Gasteiger partial charge in [0.25, 0.3) is 0 Å². The minimum absolute atomic E-state index is 0.402. The molecule has 0 saturated carbocycles. The third-order valence-electron chi connectivity index (χ3n) is 2.96. The zero-order valence-electron chi connectivity index (χ0n) is 14.0. The Kier molecular flexibility index (Phi) is 6.23. The fraction of sp³-hybridized carbons (Fsp3) is 0.389. The highest BCUT2D eigenvalue weighted by Gasteiger charge is 2.15. The van der Waals surface area contributed by atoms with Crippen LogP contribution in [-0.4, -0.2) is 18.8 Å². The van der Waals surface area contributed by atoms with Crippen molar-refractivity contribution in [2.75, 3.05) is 7.11 Å². The van der Waals surface area contributed by atoms with E-state index in [1.54, 1.807) is 13.2 Å². The third-order valence-corrected chi connectivity index (χ3v) is 2.96. The molecule has 4 heteroatoms. The van der Waals surface area contributed by atoms with E-state index in [4.69, 9.17) is 9.47 Å². The Bertz CT molecular complexity index is 568. The standard InChI is InChI=1S/C18H25NO3/c1-7-16(13(2)21-6)15-10-8-9-14(11-15)12-19-17(20)22-18(3,4)5/h7-11H,1,12H2,2-6H3,(H,19,20)/b16-13-. The molecular formula is C18H25NO3. The molecule has 1 N–H and O–H groups in total. The summed E-state index contributed by atoms with van der Waals surface area (Å²) in [4.78, 5) is 11.7. The van der Waals surface area contributed by atoms with Crippen LogP contribution in [0.5, 0.6) is 0 Å². The van der Waals surface area contributed by atoms with Gasteiger partial charge >= 0.3 is 6.09 Å². The molecule has 0 aromatic heterocycles. The second kappa shape index (κ2) is 7.69. The summed E-state index contributed by atoms with van der Waals surface area (Å²) in [5.41, 5.74) is 2.41. The molecule has 1 aromatic carbocycles. The molecule has 0 aliphatic heterocycles. The number of carbonyl (C=O) groups is 1. The number of hydrogen-bond donors (Lipinski definition) is 1. The monoisotopic (exact) mass is 303 g/mol. The Balaban J connectivity index is 2.81. The molecule has 120 valence electrons. The van der Waals surface area contributed by atoms with Crippen LogP contribution in [0.4, 0.5) is 4.79 Å². The number of ether oxygens (including phenoxy) is 2. The summed E-state index contributed by atoms with van der Waals surface area (Å²) in [5, 5.41) is 2.75. The number of allylic oxidation sites excluding steroid dienone is 3. The van der Waals surface area contributed by atoms with Crippen molar-refractivity contribution in [2.45, 2.75) is 39.8 Å². The van der Waals surface area contributed by atoms with E-state index in [9.17, 15) is 4.79 Å². The molecule has 4 nitrogen and oxygen atoms in total. The lowest BCUT2D eigenvalue weighted by Gasteiger charge is -2.19. The van der Waals surface area contributed by atoms with E-state index < -0.39 is 11.7 Å². The average Bonchev–Trinajstić information content (AvgIpc) is 2.44. The lowest BCUT2D eigenvalue weighted by molar-refractivity contribution is 0.0523. The minimum Gasteiger partial charge on any atom is -0.501 e. The van der Waals surface area contributed by atoms with Gasteiger partial charge in [0.15, 0.2) is 0 Å². The fourth-order valence-electron chi connectivity index (χ4n) is 1.91. The lowest BCUT2D eigenvalue weighted by atomic mass is 10.0. The van der Waals surface area contributed by atoms with Gasteiger partial charge in [-0.25, -0.2) is 4.79 Å². The van der Waals surface area contributed by atoms with Crippen LogP contribution >= 0.6 is 0 Å². The van der Waals surface area contributed by atoms with Crippen molar-refractivity contribution in [1.29, 1.82) is 0 Å². The summed E-state index contributed by atoms with van der Waals surface area (Å²) >= 11 is 0. The quantitative estimate of drug-likeness (QED) is 0.652. The van der Waals surface area contributed by atoms with Gasteiger partial charge in [-0.1, -0.05) is 30.9 Å². The first-order chi connectivity index (χ1) is 10.3. The second-order valence-corrected chi connectivity index (χ2v) is 5.93. The molecular weight excluding hydrogens is 278 g/mol. The van der Waals surface area contributed by atoms with Crippen LogP contribution in [0.25, 0.3) is 5.57 Å². The van der Waals surface area contributed by atoms with Gasteiger partial charge in [0.1, 0.15) is 11.4 Å². The largest absolute Gasteiger partial charge is 0.501 e. The maximum Gasteiger partial charge on any atom is 0.407 e. The highest BCUT2D eigenvalue weighted by molar-refractivity contribution is 5.75. The Hall–Kier alpha value is -2.23. The number of hydrogen-bond acceptors (Lipinski definition) is 3. The van der Waals surface area contributed by atoms with Gasteiger partial charge in [-0.3, -0.25) is 0 Å². The van der Waals surface area contributed by atoms with Crippen molar-refractivity contribution in [2.24, 2.45) is 0 Å². The zero-order valence-corrected chi connectivity index (χ0v) is 14.0. The smallest absolute Gasteiger partial charge is 0.407 e. The zero-order chi connectivity index (χ0) is 16.8. The lowest BCUT2D eigenvalue weighted by Crippen LogP contribution is -2.32. The van der Waals surface area contributed by atoms with Gasteiger partial charge in [0.2, 0.25) is 0 Å². The molecule has 1 aromatic rings. The van der Waals surface area contributed by atoms with Crippen LogP contribution in [0.3, 0.4) is 0 Å². The van der Waals surface area contributed by atoms with Crippen molar-refractivity contribution in [3.8, 4) is 0 Å². The van der Waals surface area contributed by atoms with E-state index in [0.29, 0.717) is 6.54 Å². The number of carbonyl (C=O) groups excluding carboxylic acids is 1.